The molecule has 0 unspecified atom stereocenters. The maximum absolute atomic E-state index is 13.0. The van der Waals surface area contributed by atoms with E-state index in [0.29, 0.717) is 37.9 Å². The fourth-order valence-corrected chi connectivity index (χ4v) is 4.47. The summed E-state index contributed by atoms with van der Waals surface area (Å²) in [5.74, 6) is 0.0891. The molecule has 5 aromatic rings. The summed E-state index contributed by atoms with van der Waals surface area (Å²) in [6, 6.07) is 17.0. The fourth-order valence-electron chi connectivity index (χ4n) is 3.57. The van der Waals surface area contributed by atoms with Crippen LogP contribution in [0, 0.1) is 0 Å². The minimum Gasteiger partial charge on any atom is -0.483 e. The van der Waals surface area contributed by atoms with E-state index < -0.39 is 5.97 Å². The summed E-state index contributed by atoms with van der Waals surface area (Å²) < 4.78 is 12.4. The van der Waals surface area contributed by atoms with Crippen LogP contribution in [0.2, 0.25) is 0 Å². The Morgan fingerprint density at radius 1 is 1.05 bits per heavy atom. The molecule has 0 aliphatic heterocycles. The van der Waals surface area contributed by atoms with Crippen LogP contribution in [0.5, 0.6) is 5.75 Å². The van der Waals surface area contributed by atoms with E-state index in [0.717, 1.165) is 5.56 Å². The van der Waals surface area contributed by atoms with Crippen molar-refractivity contribution in [2.24, 2.45) is 0 Å². The van der Waals surface area contributed by atoms with Crippen molar-refractivity contribution in [1.82, 2.24) is 19.6 Å². The maximum atomic E-state index is 13.0. The zero-order valence-corrected chi connectivity index (χ0v) is 21.0. The van der Waals surface area contributed by atoms with Crippen LogP contribution in [0.1, 0.15) is 22.8 Å². The van der Waals surface area contributed by atoms with Crippen LogP contribution in [-0.4, -0.2) is 44.7 Å². The number of nitrogens with one attached hydrogen (secondary N) is 1. The van der Waals surface area contributed by atoms with Gasteiger partial charge in [-0.15, -0.1) is 5.10 Å². The number of ether oxygens (including phenoxy) is 2. The van der Waals surface area contributed by atoms with E-state index in [1.54, 1.807) is 80.0 Å². The van der Waals surface area contributed by atoms with Crippen molar-refractivity contribution < 1.29 is 19.1 Å². The van der Waals surface area contributed by atoms with Crippen molar-refractivity contribution >= 4 is 39.9 Å². The number of fused-ring (bicyclic) bond motifs is 1. The Kier molecular flexibility index (Phi) is 7.18. The molecule has 190 valence electrons. The van der Waals surface area contributed by atoms with E-state index in [2.05, 4.69) is 20.4 Å². The minimum absolute atomic E-state index is 0.251. The second kappa shape index (κ2) is 11.0. The van der Waals surface area contributed by atoms with Crippen LogP contribution in [0.4, 0.5) is 5.69 Å². The van der Waals surface area contributed by atoms with E-state index in [4.69, 9.17) is 9.47 Å². The van der Waals surface area contributed by atoms with Crippen LogP contribution in [0.3, 0.4) is 0 Å². The average molecular weight is 528 g/mol. The highest BCUT2D eigenvalue weighted by molar-refractivity contribution is 7.15. The number of anilines is 1. The second-order valence-electron chi connectivity index (χ2n) is 7.95. The van der Waals surface area contributed by atoms with E-state index in [1.807, 2.05) is 6.07 Å². The lowest BCUT2D eigenvalue weighted by molar-refractivity contribution is -0.118. The number of para-hydroxylation sites is 1. The van der Waals surface area contributed by atoms with Crippen LogP contribution < -0.4 is 20.1 Å². The monoisotopic (exact) mass is 527 g/mol. The van der Waals surface area contributed by atoms with Gasteiger partial charge in [0.2, 0.25) is 4.96 Å². The molecule has 11 heteroatoms. The fraction of sp³-hybridized carbons (Fsp3) is 0.111. The highest BCUT2D eigenvalue weighted by Gasteiger charge is 2.13. The molecule has 0 bridgehead atoms. The van der Waals surface area contributed by atoms with Gasteiger partial charge in [0.05, 0.1) is 16.7 Å². The van der Waals surface area contributed by atoms with Gasteiger partial charge >= 0.3 is 5.97 Å². The molecule has 0 aliphatic rings. The zero-order chi connectivity index (χ0) is 26.5. The molecule has 0 saturated heterocycles. The van der Waals surface area contributed by atoms with E-state index in [-0.39, 0.29) is 24.7 Å². The standard InChI is InChI=1S/C27H21N5O5S/c1-2-36-26(35)18-7-9-20(10-8-18)29-23(33)16-37-21-6-4-3-5-19(21)15-22-25(34)32-27(38-22)30-24(31-32)17-11-13-28-14-12-17/h3-15H,2,16H2,1H3,(H,29,33)/b22-15-. The quantitative estimate of drug-likeness (QED) is 0.306. The molecular weight excluding hydrogens is 506 g/mol. The Morgan fingerprint density at radius 3 is 2.55 bits per heavy atom. The number of rotatable bonds is 8. The lowest BCUT2D eigenvalue weighted by Gasteiger charge is -2.10. The number of benzene rings is 2. The Balaban J connectivity index is 1.29. The normalized spacial score (nSPS) is 11.4. The highest BCUT2D eigenvalue weighted by atomic mass is 32.1. The predicted molar refractivity (Wildman–Crippen MR) is 142 cm³/mol. The van der Waals surface area contributed by atoms with Gasteiger partial charge in [-0.25, -0.2) is 4.79 Å². The summed E-state index contributed by atoms with van der Waals surface area (Å²) in [5, 5.41) is 7.06. The molecule has 0 radical (unpaired) electrons. The lowest BCUT2D eigenvalue weighted by Crippen LogP contribution is -2.24. The predicted octanol–water partition coefficient (Wildman–Crippen LogP) is 2.95. The van der Waals surface area contributed by atoms with Gasteiger partial charge in [-0.3, -0.25) is 14.6 Å². The van der Waals surface area contributed by atoms with Gasteiger partial charge in [0.15, 0.2) is 12.4 Å². The minimum atomic E-state index is -0.424. The number of carbonyl (C=O) groups is 2. The molecule has 3 aromatic heterocycles. The van der Waals surface area contributed by atoms with Gasteiger partial charge in [-0.2, -0.15) is 9.50 Å². The number of hydrogen-bond acceptors (Lipinski definition) is 9. The van der Waals surface area contributed by atoms with Gasteiger partial charge in [0.25, 0.3) is 11.5 Å². The second-order valence-corrected chi connectivity index (χ2v) is 8.96. The molecule has 10 nitrogen and oxygen atoms in total. The first-order valence-corrected chi connectivity index (χ1v) is 12.4. The number of pyridine rings is 1. The van der Waals surface area contributed by atoms with Crippen molar-refractivity contribution in [3.63, 3.8) is 0 Å². The number of aromatic nitrogens is 4. The Hall–Kier alpha value is -4.90. The van der Waals surface area contributed by atoms with Crippen LogP contribution in [0.25, 0.3) is 22.4 Å². The molecule has 0 fully saturated rings. The third-order valence-electron chi connectivity index (χ3n) is 5.36. The topological polar surface area (TPSA) is 125 Å². The first-order chi connectivity index (χ1) is 18.5. The van der Waals surface area contributed by atoms with Crippen LogP contribution >= 0.6 is 11.3 Å². The third-order valence-corrected chi connectivity index (χ3v) is 6.32. The zero-order valence-electron chi connectivity index (χ0n) is 20.2. The maximum Gasteiger partial charge on any atom is 0.338 e. The van der Waals surface area contributed by atoms with Crippen molar-refractivity contribution in [3.8, 4) is 17.1 Å². The van der Waals surface area contributed by atoms with Crippen molar-refractivity contribution in [2.75, 3.05) is 18.5 Å². The summed E-state index contributed by atoms with van der Waals surface area (Å²) in [6.45, 7) is 1.77. The van der Waals surface area contributed by atoms with Gasteiger partial charge < -0.3 is 14.8 Å². The van der Waals surface area contributed by atoms with Crippen LogP contribution in [-0.2, 0) is 9.53 Å². The van der Waals surface area contributed by atoms with Gasteiger partial charge in [0, 0.05) is 29.2 Å². The number of esters is 1. The van der Waals surface area contributed by atoms with Gasteiger partial charge in [-0.05, 0) is 55.5 Å². The summed E-state index contributed by atoms with van der Waals surface area (Å²) in [7, 11) is 0. The molecule has 5 rings (SSSR count). The van der Waals surface area contributed by atoms with Crippen LogP contribution in [0.15, 0.2) is 77.9 Å². The van der Waals surface area contributed by atoms with Crippen molar-refractivity contribution in [1.29, 1.82) is 0 Å². The molecule has 3 heterocycles. The Labute approximate surface area is 220 Å². The summed E-state index contributed by atoms with van der Waals surface area (Å²) in [4.78, 5) is 46.1. The van der Waals surface area contributed by atoms with Crippen molar-refractivity contribution in [2.45, 2.75) is 6.92 Å². The smallest absolute Gasteiger partial charge is 0.338 e. The first-order valence-electron chi connectivity index (χ1n) is 11.6. The average Bonchev–Trinajstić information content (AvgIpc) is 3.48. The molecule has 38 heavy (non-hydrogen) atoms. The summed E-state index contributed by atoms with van der Waals surface area (Å²) in [6.07, 6.45) is 4.97. The molecular formula is C27H21N5O5S. The molecule has 0 saturated carbocycles. The summed E-state index contributed by atoms with van der Waals surface area (Å²) in [5.41, 5.74) is 2.02. The molecule has 1 N–H and O–H groups in total. The third kappa shape index (κ3) is 5.42. The number of hydrogen-bond donors (Lipinski definition) is 1. The Bertz CT molecular complexity index is 1710. The summed E-state index contributed by atoms with van der Waals surface area (Å²) >= 11 is 1.21. The molecule has 2 aromatic carbocycles. The SMILES string of the molecule is CCOC(=O)c1ccc(NC(=O)COc2ccccc2/C=c2\sc3nc(-c4ccncc4)nn3c2=O)cc1. The molecule has 1 amide bonds. The number of carbonyl (C=O) groups excluding carboxylic acids is 2. The lowest BCUT2D eigenvalue weighted by atomic mass is 10.2. The van der Waals surface area contributed by atoms with Crippen molar-refractivity contribution in [3.05, 3.63) is 99.1 Å². The molecule has 0 spiro atoms. The Morgan fingerprint density at radius 2 is 1.82 bits per heavy atom. The van der Waals surface area contributed by atoms with Gasteiger partial charge in [0.1, 0.15) is 5.75 Å². The molecule has 0 atom stereocenters. The number of amides is 1. The number of nitrogens with zero attached hydrogens (tertiary/aromatic N) is 4. The first kappa shape index (κ1) is 24.8. The van der Waals surface area contributed by atoms with E-state index in [9.17, 15) is 14.4 Å². The van der Waals surface area contributed by atoms with E-state index in [1.165, 1.54) is 15.9 Å². The number of thiazole rings is 1. The van der Waals surface area contributed by atoms with E-state index >= 15 is 0 Å². The molecule has 0 aliphatic carbocycles. The largest absolute Gasteiger partial charge is 0.483 e. The van der Waals surface area contributed by atoms with Gasteiger partial charge in [-0.1, -0.05) is 29.5 Å². The highest BCUT2D eigenvalue weighted by Crippen LogP contribution is 2.20.